The average molecular weight is 195 g/mol. The molecule has 3 nitrogen and oxygen atoms in total. The Balaban J connectivity index is 1.95. The number of nitrogens with zero attached hydrogens (tertiary/aromatic N) is 1. The van der Waals surface area contributed by atoms with Crippen LogP contribution in [0, 0.1) is 5.82 Å². The van der Waals surface area contributed by atoms with E-state index in [9.17, 15) is 4.39 Å². The van der Waals surface area contributed by atoms with Crippen LogP contribution >= 0.6 is 0 Å². The summed E-state index contributed by atoms with van der Waals surface area (Å²) < 4.78 is 12.9. The minimum absolute atomic E-state index is 0.204. The van der Waals surface area contributed by atoms with E-state index in [2.05, 4.69) is 15.8 Å². The Labute approximate surface area is 82.9 Å². The second-order valence-corrected chi connectivity index (χ2v) is 3.36. The second-order valence-electron chi connectivity index (χ2n) is 3.36. The van der Waals surface area contributed by atoms with Gasteiger partial charge in [-0.2, -0.15) is 0 Å². The van der Waals surface area contributed by atoms with Crippen LogP contribution in [0.15, 0.2) is 24.3 Å². The summed E-state index contributed by atoms with van der Waals surface area (Å²) >= 11 is 0. The average Bonchev–Trinajstić information content (AvgIpc) is 2.19. The molecule has 1 aromatic carbocycles. The summed E-state index contributed by atoms with van der Waals surface area (Å²) in [5, 5.41) is 5.34. The zero-order valence-electron chi connectivity index (χ0n) is 7.96. The van der Waals surface area contributed by atoms with Gasteiger partial charge >= 0.3 is 0 Å². The van der Waals surface area contributed by atoms with Gasteiger partial charge < -0.3 is 10.7 Å². The number of rotatable bonds is 2. The molecular formula is C10H14FN3. The van der Waals surface area contributed by atoms with Crippen molar-refractivity contribution in [2.24, 2.45) is 0 Å². The molecule has 4 heteroatoms. The fourth-order valence-corrected chi connectivity index (χ4v) is 1.52. The van der Waals surface area contributed by atoms with E-state index < -0.39 is 0 Å². The highest BCUT2D eigenvalue weighted by Gasteiger charge is 2.08. The van der Waals surface area contributed by atoms with Gasteiger partial charge in [0.15, 0.2) is 0 Å². The standard InChI is InChI=1S/C10H14FN3/c11-9-2-1-3-10(8-9)13-14-6-4-12-5-7-14/h1-3,8,12-13H,4-7H2. The first-order valence-corrected chi connectivity index (χ1v) is 4.82. The molecule has 14 heavy (non-hydrogen) atoms. The molecular weight excluding hydrogens is 181 g/mol. The Morgan fingerprint density at radius 2 is 2.07 bits per heavy atom. The fourth-order valence-electron chi connectivity index (χ4n) is 1.52. The van der Waals surface area contributed by atoms with Gasteiger partial charge in [0.2, 0.25) is 0 Å². The molecule has 0 unspecified atom stereocenters. The van der Waals surface area contributed by atoms with Crippen molar-refractivity contribution in [2.75, 3.05) is 31.6 Å². The Morgan fingerprint density at radius 1 is 1.29 bits per heavy atom. The number of piperazine rings is 1. The van der Waals surface area contributed by atoms with Crippen LogP contribution in [0.2, 0.25) is 0 Å². The topological polar surface area (TPSA) is 27.3 Å². The van der Waals surface area contributed by atoms with Crippen LogP contribution in [0.3, 0.4) is 0 Å². The van der Waals surface area contributed by atoms with Gasteiger partial charge in [-0.25, -0.2) is 9.40 Å². The molecule has 0 radical (unpaired) electrons. The molecule has 2 N–H and O–H groups in total. The van der Waals surface area contributed by atoms with Crippen LogP contribution in [0.25, 0.3) is 0 Å². The molecule has 76 valence electrons. The molecule has 0 bridgehead atoms. The Kier molecular flexibility index (Phi) is 2.96. The minimum Gasteiger partial charge on any atom is -0.319 e. The lowest BCUT2D eigenvalue weighted by molar-refractivity contribution is 0.287. The molecule has 0 atom stereocenters. The predicted molar refractivity (Wildman–Crippen MR) is 54.5 cm³/mol. The molecule has 1 aromatic rings. The van der Waals surface area contributed by atoms with Gasteiger partial charge in [-0.1, -0.05) is 6.07 Å². The molecule has 1 aliphatic heterocycles. The SMILES string of the molecule is Fc1cccc(NN2CCNCC2)c1. The van der Waals surface area contributed by atoms with Gasteiger partial charge in [0, 0.05) is 26.2 Å². The zero-order chi connectivity index (χ0) is 9.80. The number of nitrogens with one attached hydrogen (secondary N) is 2. The van der Waals surface area contributed by atoms with E-state index in [0.29, 0.717) is 0 Å². The van der Waals surface area contributed by atoms with Crippen molar-refractivity contribution < 1.29 is 4.39 Å². The van der Waals surface area contributed by atoms with Crippen molar-refractivity contribution in [1.82, 2.24) is 10.3 Å². The summed E-state index contributed by atoms with van der Waals surface area (Å²) in [5.74, 6) is -0.204. The molecule has 1 heterocycles. The molecule has 1 fully saturated rings. The summed E-state index contributed by atoms with van der Waals surface area (Å²) in [5.41, 5.74) is 3.99. The summed E-state index contributed by atoms with van der Waals surface area (Å²) in [6, 6.07) is 6.52. The van der Waals surface area contributed by atoms with E-state index in [1.165, 1.54) is 12.1 Å². The van der Waals surface area contributed by atoms with Crippen molar-refractivity contribution in [1.29, 1.82) is 0 Å². The Morgan fingerprint density at radius 3 is 2.79 bits per heavy atom. The van der Waals surface area contributed by atoms with Gasteiger partial charge in [-0.3, -0.25) is 0 Å². The lowest BCUT2D eigenvalue weighted by atomic mass is 10.3. The summed E-state index contributed by atoms with van der Waals surface area (Å²) in [6.07, 6.45) is 0. The van der Waals surface area contributed by atoms with Crippen molar-refractivity contribution >= 4 is 5.69 Å². The highest BCUT2D eigenvalue weighted by molar-refractivity contribution is 5.42. The van der Waals surface area contributed by atoms with Crippen LogP contribution < -0.4 is 10.7 Å². The number of hydrazine groups is 1. The van der Waals surface area contributed by atoms with Crippen molar-refractivity contribution in [2.45, 2.75) is 0 Å². The first kappa shape index (κ1) is 9.43. The summed E-state index contributed by atoms with van der Waals surface area (Å²) in [4.78, 5) is 0. The van der Waals surface area contributed by atoms with E-state index in [1.54, 1.807) is 6.07 Å². The van der Waals surface area contributed by atoms with E-state index in [0.717, 1.165) is 31.9 Å². The molecule has 0 aliphatic carbocycles. The minimum atomic E-state index is -0.204. The van der Waals surface area contributed by atoms with Gasteiger partial charge in [0.1, 0.15) is 5.82 Å². The summed E-state index contributed by atoms with van der Waals surface area (Å²) in [6.45, 7) is 3.83. The number of anilines is 1. The van der Waals surface area contributed by atoms with E-state index >= 15 is 0 Å². The van der Waals surface area contributed by atoms with E-state index in [1.807, 2.05) is 6.07 Å². The number of hydrogen-bond acceptors (Lipinski definition) is 3. The highest BCUT2D eigenvalue weighted by Crippen LogP contribution is 2.10. The molecule has 0 amide bonds. The van der Waals surface area contributed by atoms with Gasteiger partial charge in [-0.15, -0.1) is 0 Å². The third-order valence-electron chi connectivity index (χ3n) is 2.23. The van der Waals surface area contributed by atoms with Crippen molar-refractivity contribution in [3.63, 3.8) is 0 Å². The first-order valence-electron chi connectivity index (χ1n) is 4.82. The third kappa shape index (κ3) is 2.43. The molecule has 2 rings (SSSR count). The number of benzene rings is 1. The van der Waals surface area contributed by atoms with Gasteiger partial charge in [-0.05, 0) is 18.2 Å². The largest absolute Gasteiger partial charge is 0.319 e. The van der Waals surface area contributed by atoms with Crippen LogP contribution in [-0.2, 0) is 0 Å². The van der Waals surface area contributed by atoms with Crippen molar-refractivity contribution in [3.05, 3.63) is 30.1 Å². The van der Waals surface area contributed by atoms with E-state index in [4.69, 9.17) is 0 Å². The van der Waals surface area contributed by atoms with Crippen LogP contribution in [0.5, 0.6) is 0 Å². The highest BCUT2D eigenvalue weighted by atomic mass is 19.1. The molecule has 0 spiro atoms. The summed E-state index contributed by atoms with van der Waals surface area (Å²) in [7, 11) is 0. The van der Waals surface area contributed by atoms with Gasteiger partial charge in [0.05, 0.1) is 5.69 Å². The monoisotopic (exact) mass is 195 g/mol. The first-order chi connectivity index (χ1) is 6.84. The molecule has 0 saturated carbocycles. The van der Waals surface area contributed by atoms with Gasteiger partial charge in [0.25, 0.3) is 0 Å². The van der Waals surface area contributed by atoms with Crippen LogP contribution in [-0.4, -0.2) is 31.2 Å². The molecule has 1 saturated heterocycles. The zero-order valence-corrected chi connectivity index (χ0v) is 7.96. The Hall–Kier alpha value is -1.13. The molecule has 1 aliphatic rings. The fraction of sp³-hybridized carbons (Fsp3) is 0.400. The van der Waals surface area contributed by atoms with Crippen LogP contribution in [0.4, 0.5) is 10.1 Å². The Bertz CT molecular complexity index is 297. The second kappa shape index (κ2) is 4.39. The van der Waals surface area contributed by atoms with Crippen LogP contribution in [0.1, 0.15) is 0 Å². The molecule has 0 aromatic heterocycles. The maximum Gasteiger partial charge on any atom is 0.125 e. The lowest BCUT2D eigenvalue weighted by Gasteiger charge is -2.28. The maximum absolute atomic E-state index is 12.9. The third-order valence-corrected chi connectivity index (χ3v) is 2.23. The number of halogens is 1. The smallest absolute Gasteiger partial charge is 0.125 e. The number of hydrogen-bond donors (Lipinski definition) is 2. The predicted octanol–water partition coefficient (Wildman–Crippen LogP) is 1.06. The van der Waals surface area contributed by atoms with Crippen molar-refractivity contribution in [3.8, 4) is 0 Å². The quantitative estimate of drug-likeness (QED) is 0.739. The van der Waals surface area contributed by atoms with E-state index in [-0.39, 0.29) is 5.82 Å². The lowest BCUT2D eigenvalue weighted by Crippen LogP contribution is -2.46. The normalized spacial score (nSPS) is 18.1. The maximum atomic E-state index is 12.9.